The number of rotatable bonds is 7. The Morgan fingerprint density at radius 1 is 1.21 bits per heavy atom. The average Bonchev–Trinajstić information content (AvgIpc) is 3.51. The Kier molecular flexibility index (Phi) is 6.21. The van der Waals surface area contributed by atoms with Gasteiger partial charge in [-0.15, -0.1) is 0 Å². The van der Waals surface area contributed by atoms with E-state index in [0.717, 1.165) is 25.9 Å². The lowest BCUT2D eigenvalue weighted by molar-refractivity contribution is -0.133. The monoisotopic (exact) mass is 455 g/mol. The first-order valence-electron chi connectivity index (χ1n) is 9.56. The van der Waals surface area contributed by atoms with Crippen molar-refractivity contribution in [2.75, 3.05) is 18.4 Å². The van der Waals surface area contributed by atoms with E-state index >= 15 is 0 Å². The molecular formula is C19H22ClN3O4S2. The molecule has 0 bridgehead atoms. The molecule has 7 nitrogen and oxygen atoms in total. The number of aromatic nitrogens is 1. The van der Waals surface area contributed by atoms with Crippen molar-refractivity contribution >= 4 is 43.8 Å². The first-order chi connectivity index (χ1) is 13.9. The molecule has 0 spiro atoms. The lowest BCUT2D eigenvalue weighted by Crippen LogP contribution is -2.35. The fraction of sp³-hybridized carbons (Fsp3) is 0.474. The molecule has 0 radical (unpaired) electrons. The number of anilines is 1. The number of benzene rings is 1. The van der Waals surface area contributed by atoms with E-state index in [9.17, 15) is 13.2 Å². The van der Waals surface area contributed by atoms with Gasteiger partial charge in [-0.05, 0) is 56.5 Å². The molecule has 1 aromatic heterocycles. The molecule has 156 valence electrons. The molecule has 29 heavy (non-hydrogen) atoms. The van der Waals surface area contributed by atoms with Crippen LogP contribution in [0.15, 0.2) is 35.4 Å². The van der Waals surface area contributed by atoms with Crippen LogP contribution >= 0.6 is 22.9 Å². The predicted octanol–water partition coefficient (Wildman–Crippen LogP) is 3.18. The van der Waals surface area contributed by atoms with E-state index in [1.807, 2.05) is 0 Å². The van der Waals surface area contributed by atoms with E-state index in [4.69, 9.17) is 16.3 Å². The van der Waals surface area contributed by atoms with Crippen molar-refractivity contribution < 1.29 is 17.9 Å². The minimum atomic E-state index is -3.27. The maximum Gasteiger partial charge on any atom is 0.259 e. The highest BCUT2D eigenvalue weighted by Gasteiger charge is 2.37. The van der Waals surface area contributed by atoms with E-state index in [0.29, 0.717) is 27.9 Å². The quantitative estimate of drug-likeness (QED) is 0.665. The molecule has 10 heteroatoms. The summed E-state index contributed by atoms with van der Waals surface area (Å²) in [6.45, 7) is 1.67. The zero-order chi connectivity index (χ0) is 20.4. The second-order valence-corrected chi connectivity index (χ2v) is 11.1. The summed E-state index contributed by atoms with van der Waals surface area (Å²) in [6.07, 6.45) is 3.60. The van der Waals surface area contributed by atoms with Crippen molar-refractivity contribution in [1.29, 1.82) is 0 Å². The van der Waals surface area contributed by atoms with Gasteiger partial charge in [-0.3, -0.25) is 10.1 Å². The van der Waals surface area contributed by atoms with E-state index in [-0.39, 0.29) is 22.2 Å². The third-order valence-electron chi connectivity index (χ3n) is 5.04. The van der Waals surface area contributed by atoms with Gasteiger partial charge >= 0.3 is 0 Å². The summed E-state index contributed by atoms with van der Waals surface area (Å²) in [5.41, 5.74) is 0.610. The standard InChI is InChI=1S/C19H22ClN3O4S2/c20-16-11-22-19(28-16)23-18(24)17(27-13-7-9-21-10-8-13)12-1-3-14(4-2-12)29(25,26)15-5-6-15/h1-4,11,13,15,17,21H,5-10H2,(H,22,23,24). The fourth-order valence-corrected chi connectivity index (χ4v) is 5.77. The van der Waals surface area contributed by atoms with Gasteiger partial charge in [0, 0.05) is 0 Å². The summed E-state index contributed by atoms with van der Waals surface area (Å²) in [5, 5.41) is 6.14. The van der Waals surface area contributed by atoms with Crippen LogP contribution in [0.5, 0.6) is 0 Å². The summed E-state index contributed by atoms with van der Waals surface area (Å²) in [7, 11) is -3.27. The van der Waals surface area contributed by atoms with Crippen molar-refractivity contribution in [2.24, 2.45) is 0 Å². The summed E-state index contributed by atoms with van der Waals surface area (Å²) < 4.78 is 31.5. The lowest BCUT2D eigenvalue weighted by Gasteiger charge is -2.27. The van der Waals surface area contributed by atoms with Crippen LogP contribution in [0.2, 0.25) is 4.34 Å². The number of hydrogen-bond donors (Lipinski definition) is 2. The van der Waals surface area contributed by atoms with Crippen LogP contribution in [0, 0.1) is 0 Å². The van der Waals surface area contributed by atoms with Crippen LogP contribution in [0.4, 0.5) is 5.13 Å². The third-order valence-corrected chi connectivity index (χ3v) is 8.34. The number of carbonyl (C=O) groups is 1. The second-order valence-electron chi connectivity index (χ2n) is 7.24. The minimum absolute atomic E-state index is 0.0539. The molecule has 1 aliphatic carbocycles. The number of hydrogen-bond acceptors (Lipinski definition) is 7. The first kappa shape index (κ1) is 20.7. The Balaban J connectivity index is 1.55. The topological polar surface area (TPSA) is 97.4 Å². The molecule has 1 aromatic carbocycles. The summed E-state index contributed by atoms with van der Waals surface area (Å²) >= 11 is 7.06. The van der Waals surface area contributed by atoms with Gasteiger partial charge in [0.15, 0.2) is 21.1 Å². The molecule has 1 saturated carbocycles. The molecule has 1 amide bonds. The number of carbonyl (C=O) groups excluding carboxylic acids is 1. The van der Waals surface area contributed by atoms with Gasteiger partial charge < -0.3 is 10.1 Å². The number of sulfone groups is 1. The Morgan fingerprint density at radius 2 is 1.90 bits per heavy atom. The first-order valence-corrected chi connectivity index (χ1v) is 12.3. The lowest BCUT2D eigenvalue weighted by atomic mass is 10.1. The van der Waals surface area contributed by atoms with Gasteiger partial charge in [0.1, 0.15) is 4.34 Å². The molecular weight excluding hydrogens is 434 g/mol. The maximum absolute atomic E-state index is 12.9. The fourth-order valence-electron chi connectivity index (χ4n) is 3.30. The molecule has 2 fully saturated rings. The number of nitrogens with one attached hydrogen (secondary N) is 2. The minimum Gasteiger partial charge on any atom is -0.360 e. The van der Waals surface area contributed by atoms with Gasteiger partial charge in [-0.25, -0.2) is 13.4 Å². The van der Waals surface area contributed by atoms with Crippen LogP contribution in [0.3, 0.4) is 0 Å². The van der Waals surface area contributed by atoms with Gasteiger partial charge in [-0.2, -0.15) is 0 Å². The SMILES string of the molecule is O=C(Nc1ncc(Cl)s1)C(OC1CCNCC1)c1ccc(S(=O)(=O)C2CC2)cc1. The van der Waals surface area contributed by atoms with Crippen LogP contribution in [-0.2, 0) is 19.4 Å². The molecule has 1 atom stereocenters. The highest BCUT2D eigenvalue weighted by atomic mass is 35.5. The number of amides is 1. The number of ether oxygens (including phenoxy) is 1. The molecule has 1 aliphatic heterocycles. The summed E-state index contributed by atoms with van der Waals surface area (Å²) in [4.78, 5) is 17.3. The average molecular weight is 456 g/mol. The Hall–Kier alpha value is -1.52. The molecule has 2 heterocycles. The zero-order valence-electron chi connectivity index (χ0n) is 15.6. The Labute approximate surface area is 178 Å². The summed E-state index contributed by atoms with van der Waals surface area (Å²) in [5.74, 6) is -0.354. The van der Waals surface area contributed by atoms with E-state index in [2.05, 4.69) is 15.6 Å². The zero-order valence-corrected chi connectivity index (χ0v) is 18.0. The van der Waals surface area contributed by atoms with Gasteiger partial charge in [0.2, 0.25) is 0 Å². The Morgan fingerprint density at radius 3 is 2.48 bits per heavy atom. The van der Waals surface area contributed by atoms with E-state index in [1.165, 1.54) is 17.5 Å². The smallest absolute Gasteiger partial charge is 0.259 e. The van der Waals surface area contributed by atoms with E-state index < -0.39 is 15.9 Å². The van der Waals surface area contributed by atoms with Crippen molar-refractivity contribution in [1.82, 2.24) is 10.3 Å². The predicted molar refractivity (Wildman–Crippen MR) is 112 cm³/mol. The third kappa shape index (κ3) is 4.97. The van der Waals surface area contributed by atoms with Crippen LogP contribution in [0.1, 0.15) is 37.4 Å². The van der Waals surface area contributed by atoms with Crippen molar-refractivity contribution in [2.45, 2.75) is 48.0 Å². The molecule has 2 aliphatic rings. The van der Waals surface area contributed by atoms with Gasteiger partial charge in [0.05, 0.1) is 22.4 Å². The van der Waals surface area contributed by atoms with E-state index in [1.54, 1.807) is 24.3 Å². The number of halogens is 1. The Bertz CT molecular complexity index is 968. The molecule has 1 saturated heterocycles. The van der Waals surface area contributed by atoms with Crippen molar-refractivity contribution in [3.63, 3.8) is 0 Å². The van der Waals surface area contributed by atoms with Crippen molar-refractivity contribution in [3.05, 3.63) is 40.4 Å². The number of nitrogens with zero attached hydrogens (tertiary/aromatic N) is 1. The van der Waals surface area contributed by atoms with Crippen LogP contribution in [-0.4, -0.2) is 43.8 Å². The van der Waals surface area contributed by atoms with Crippen LogP contribution < -0.4 is 10.6 Å². The van der Waals surface area contributed by atoms with Crippen LogP contribution in [0.25, 0.3) is 0 Å². The summed E-state index contributed by atoms with van der Waals surface area (Å²) in [6, 6.07) is 6.45. The molecule has 2 aromatic rings. The maximum atomic E-state index is 12.9. The highest BCUT2D eigenvalue weighted by Crippen LogP contribution is 2.34. The number of piperidine rings is 1. The number of thiazole rings is 1. The normalized spacial score (nSPS) is 19.1. The van der Waals surface area contributed by atoms with Crippen molar-refractivity contribution in [3.8, 4) is 0 Å². The van der Waals surface area contributed by atoms with Gasteiger partial charge in [-0.1, -0.05) is 35.1 Å². The second kappa shape index (κ2) is 8.69. The molecule has 1 unspecified atom stereocenters. The molecule has 4 rings (SSSR count). The van der Waals surface area contributed by atoms with Gasteiger partial charge in [0.25, 0.3) is 5.91 Å². The largest absolute Gasteiger partial charge is 0.360 e. The highest BCUT2D eigenvalue weighted by molar-refractivity contribution is 7.92. The molecule has 2 N–H and O–H groups in total.